The fourth-order valence-electron chi connectivity index (χ4n) is 7.94. The highest BCUT2D eigenvalue weighted by molar-refractivity contribution is 5.95. The summed E-state index contributed by atoms with van der Waals surface area (Å²) < 4.78 is 32.4. The van der Waals surface area contributed by atoms with E-state index in [1.807, 2.05) is 18.2 Å². The lowest BCUT2D eigenvalue weighted by Gasteiger charge is -2.29. The number of Topliss-reactive ketones (excluding diaryl/α,β-unsaturated/α-hetero) is 1. The number of rotatable bonds is 10. The molecule has 2 fully saturated rings. The van der Waals surface area contributed by atoms with Crippen LogP contribution < -0.4 is 16.6 Å². The van der Waals surface area contributed by atoms with Gasteiger partial charge in [-0.15, -0.1) is 0 Å². The second-order valence-corrected chi connectivity index (χ2v) is 14.3. The topological polar surface area (TPSA) is 107 Å². The lowest BCUT2D eigenvalue weighted by Crippen LogP contribution is -2.43. The zero-order valence-corrected chi connectivity index (χ0v) is 29.4. The molecule has 2 aromatic carbocycles. The van der Waals surface area contributed by atoms with Crippen molar-refractivity contribution in [3.8, 4) is 16.8 Å². The minimum Gasteiger partial charge on any atom is -0.314 e. The van der Waals surface area contributed by atoms with Gasteiger partial charge in [0.2, 0.25) is 0 Å². The number of imidazole rings is 1. The SMILES string of the molecule is O=C(CC1CCC(n2c(=O)c3cc(F)cnc3n(-c3cccc(-c4ccc(CCCN5CCNCC5)cc4)c3)c2=O)CC1)c1cn2cc(F)ccc2n1. The van der Waals surface area contributed by atoms with E-state index < -0.39 is 28.9 Å². The summed E-state index contributed by atoms with van der Waals surface area (Å²) in [6.07, 6.45) is 8.43. The van der Waals surface area contributed by atoms with Crippen LogP contribution in [0.15, 0.2) is 94.9 Å². The van der Waals surface area contributed by atoms with Crippen LogP contribution in [0, 0.1) is 17.6 Å². The molecule has 0 unspecified atom stereocenters. The summed E-state index contributed by atoms with van der Waals surface area (Å²) in [4.78, 5) is 52.4. The number of benzene rings is 2. The number of carbonyl (C=O) groups excluding carboxylic acids is 1. The minimum atomic E-state index is -0.662. The highest BCUT2D eigenvalue weighted by Crippen LogP contribution is 2.34. The minimum absolute atomic E-state index is 0.0285. The number of carbonyl (C=O) groups is 1. The number of halogens is 2. The molecule has 1 saturated carbocycles. The molecule has 0 bridgehead atoms. The third-order valence-electron chi connectivity index (χ3n) is 10.8. The normalized spacial score (nSPS) is 18.2. The Kier molecular flexibility index (Phi) is 9.80. The Hall–Kier alpha value is -5.33. The Labute approximate surface area is 304 Å². The second-order valence-electron chi connectivity index (χ2n) is 14.3. The number of aromatic nitrogens is 5. The van der Waals surface area contributed by atoms with E-state index in [2.05, 4.69) is 44.5 Å². The van der Waals surface area contributed by atoms with Crippen LogP contribution in [0.1, 0.15) is 60.6 Å². The summed E-state index contributed by atoms with van der Waals surface area (Å²) in [6.45, 7) is 5.37. The number of fused-ring (bicyclic) bond motifs is 2. The molecular weight excluding hydrogens is 676 g/mol. The van der Waals surface area contributed by atoms with Crippen LogP contribution in [0.5, 0.6) is 0 Å². The molecule has 0 spiro atoms. The van der Waals surface area contributed by atoms with Crippen molar-refractivity contribution >= 4 is 22.5 Å². The molecule has 5 heterocycles. The molecule has 6 aromatic rings. The van der Waals surface area contributed by atoms with Crippen LogP contribution in [-0.4, -0.2) is 66.9 Å². The first-order valence-electron chi connectivity index (χ1n) is 18.4. The largest absolute Gasteiger partial charge is 0.337 e. The summed E-state index contributed by atoms with van der Waals surface area (Å²) in [5.41, 5.74) is 3.45. The van der Waals surface area contributed by atoms with E-state index in [1.54, 1.807) is 6.07 Å². The van der Waals surface area contributed by atoms with Crippen molar-refractivity contribution in [2.45, 2.75) is 51.0 Å². The molecule has 4 aromatic heterocycles. The lowest BCUT2D eigenvalue weighted by molar-refractivity contribution is 0.0938. The summed E-state index contributed by atoms with van der Waals surface area (Å²) in [6, 6.07) is 19.6. The van der Waals surface area contributed by atoms with Crippen molar-refractivity contribution in [3.63, 3.8) is 0 Å². The monoisotopic (exact) mass is 717 g/mol. The lowest BCUT2D eigenvalue weighted by atomic mass is 9.82. The summed E-state index contributed by atoms with van der Waals surface area (Å²) in [5.74, 6) is -1.18. The smallest absolute Gasteiger partial charge is 0.314 e. The number of hydrogen-bond donors (Lipinski definition) is 1. The van der Waals surface area contributed by atoms with E-state index in [4.69, 9.17) is 0 Å². The zero-order chi connectivity index (χ0) is 36.5. The van der Waals surface area contributed by atoms with Crippen LogP contribution in [0.2, 0.25) is 0 Å². The van der Waals surface area contributed by atoms with E-state index >= 15 is 0 Å². The van der Waals surface area contributed by atoms with Crippen molar-refractivity contribution in [1.29, 1.82) is 0 Å². The van der Waals surface area contributed by atoms with Crippen LogP contribution in [0.4, 0.5) is 8.78 Å². The van der Waals surface area contributed by atoms with Crippen LogP contribution in [0.3, 0.4) is 0 Å². The van der Waals surface area contributed by atoms with E-state index in [0.717, 1.165) is 69.0 Å². The average Bonchev–Trinajstić information content (AvgIpc) is 3.60. The highest BCUT2D eigenvalue weighted by atomic mass is 19.1. The quantitative estimate of drug-likeness (QED) is 0.174. The number of nitrogens with zero attached hydrogens (tertiary/aromatic N) is 6. The molecule has 0 atom stereocenters. The van der Waals surface area contributed by atoms with Gasteiger partial charge in [-0.1, -0.05) is 36.4 Å². The van der Waals surface area contributed by atoms with Crippen molar-refractivity contribution in [2.24, 2.45) is 5.92 Å². The number of pyridine rings is 2. The number of hydrogen-bond acceptors (Lipinski definition) is 7. The van der Waals surface area contributed by atoms with Gasteiger partial charge in [0.15, 0.2) is 11.4 Å². The molecule has 2 aliphatic rings. The number of piperazine rings is 1. The van der Waals surface area contributed by atoms with Crippen molar-refractivity contribution in [1.82, 2.24) is 33.7 Å². The molecule has 0 radical (unpaired) electrons. The van der Waals surface area contributed by atoms with E-state index in [-0.39, 0.29) is 34.8 Å². The number of ketones is 1. The van der Waals surface area contributed by atoms with Gasteiger partial charge in [-0.3, -0.25) is 14.2 Å². The van der Waals surface area contributed by atoms with Gasteiger partial charge in [-0.05, 0) is 98.0 Å². The van der Waals surface area contributed by atoms with Crippen LogP contribution in [0.25, 0.3) is 33.5 Å². The summed E-state index contributed by atoms with van der Waals surface area (Å²) >= 11 is 0. The first-order chi connectivity index (χ1) is 25.8. The Morgan fingerprint density at radius 3 is 2.45 bits per heavy atom. The molecule has 53 heavy (non-hydrogen) atoms. The van der Waals surface area contributed by atoms with Crippen molar-refractivity contribution in [2.75, 3.05) is 32.7 Å². The van der Waals surface area contributed by atoms with Crippen LogP contribution in [-0.2, 0) is 6.42 Å². The van der Waals surface area contributed by atoms with Gasteiger partial charge in [-0.2, -0.15) is 0 Å². The summed E-state index contributed by atoms with van der Waals surface area (Å²) in [5, 5.41) is 3.42. The van der Waals surface area contributed by atoms with Crippen LogP contribution >= 0.6 is 0 Å². The molecule has 10 nitrogen and oxygen atoms in total. The molecule has 1 aliphatic heterocycles. The Morgan fingerprint density at radius 2 is 1.66 bits per heavy atom. The van der Waals surface area contributed by atoms with E-state index in [0.29, 0.717) is 37.0 Å². The van der Waals surface area contributed by atoms with Crippen molar-refractivity contribution < 1.29 is 13.6 Å². The first-order valence-corrected chi connectivity index (χ1v) is 18.4. The average molecular weight is 718 g/mol. The Bertz CT molecular complexity index is 2410. The van der Waals surface area contributed by atoms with Gasteiger partial charge >= 0.3 is 5.69 Å². The van der Waals surface area contributed by atoms with E-state index in [9.17, 15) is 23.2 Å². The maximum Gasteiger partial charge on any atom is 0.337 e. The van der Waals surface area contributed by atoms with Gasteiger partial charge in [-0.25, -0.2) is 28.1 Å². The number of nitrogens with one attached hydrogen (secondary N) is 1. The molecule has 12 heteroatoms. The molecule has 1 N–H and O–H groups in total. The predicted octanol–water partition coefficient (Wildman–Crippen LogP) is 5.98. The Balaban J connectivity index is 1.02. The number of aryl methyl sites for hydroxylation is 1. The molecular formula is C41H41F2N7O3. The van der Waals surface area contributed by atoms with E-state index in [1.165, 1.54) is 43.6 Å². The van der Waals surface area contributed by atoms with Gasteiger partial charge in [0, 0.05) is 51.0 Å². The molecule has 0 amide bonds. The Morgan fingerprint density at radius 1 is 0.868 bits per heavy atom. The van der Waals surface area contributed by atoms with Crippen molar-refractivity contribution in [3.05, 3.63) is 129 Å². The first kappa shape index (κ1) is 34.7. The molecule has 8 rings (SSSR count). The highest BCUT2D eigenvalue weighted by Gasteiger charge is 2.29. The second kappa shape index (κ2) is 15.0. The summed E-state index contributed by atoms with van der Waals surface area (Å²) in [7, 11) is 0. The maximum atomic E-state index is 14.6. The predicted molar refractivity (Wildman–Crippen MR) is 200 cm³/mol. The fraction of sp³-hybridized carbons (Fsp3) is 0.341. The maximum absolute atomic E-state index is 14.6. The molecule has 1 saturated heterocycles. The van der Waals surface area contributed by atoms with Gasteiger partial charge in [0.1, 0.15) is 23.0 Å². The molecule has 272 valence electrons. The standard InChI is InChI=1S/C41H41F2N7O3/c42-31-12-15-38-46-36(26-48(38)25-31)37(51)21-28-8-13-33(14-9-28)50-40(52)35-23-32(43)24-45-39(35)49(41(50)53)34-5-1-4-30(22-34)29-10-6-27(7-11-29)3-2-18-47-19-16-44-17-20-47/h1,4-7,10-12,15,22-26,28,33,44H,2-3,8-9,13-14,16-21H2. The third kappa shape index (κ3) is 7.34. The third-order valence-corrected chi connectivity index (χ3v) is 10.8. The van der Waals surface area contributed by atoms with Gasteiger partial charge in [0.25, 0.3) is 5.56 Å². The van der Waals surface area contributed by atoms with Gasteiger partial charge < -0.3 is 14.6 Å². The zero-order valence-electron chi connectivity index (χ0n) is 29.4. The van der Waals surface area contributed by atoms with Gasteiger partial charge in [0.05, 0.1) is 17.3 Å². The fourth-order valence-corrected chi connectivity index (χ4v) is 7.94. The molecule has 1 aliphatic carbocycles.